The highest BCUT2D eigenvalue weighted by atomic mass is 16.3. The molecule has 1 aromatic heterocycles. The van der Waals surface area contributed by atoms with E-state index in [9.17, 15) is 0 Å². The van der Waals surface area contributed by atoms with E-state index in [0.29, 0.717) is 6.04 Å². The first kappa shape index (κ1) is 16.3. The standard InChI is InChI=1S/C16H30N2O/c1-6-13(7-2)16(18(4)5)12-17-11-15-10-9-14(8-3)19-15/h9-10,13,16-17H,6-8,11-12H2,1-5H3. The Hall–Kier alpha value is -0.800. The molecule has 0 amide bonds. The van der Waals surface area contributed by atoms with Gasteiger partial charge in [-0.05, 0) is 32.1 Å². The van der Waals surface area contributed by atoms with Crippen LogP contribution in [0.15, 0.2) is 16.5 Å². The minimum atomic E-state index is 0.593. The number of likely N-dealkylation sites (N-methyl/N-ethyl adjacent to an activating group) is 1. The van der Waals surface area contributed by atoms with Gasteiger partial charge < -0.3 is 14.6 Å². The minimum Gasteiger partial charge on any atom is -0.465 e. The van der Waals surface area contributed by atoms with Gasteiger partial charge >= 0.3 is 0 Å². The molecule has 1 aromatic rings. The van der Waals surface area contributed by atoms with Gasteiger partial charge in [-0.15, -0.1) is 0 Å². The first-order valence-electron chi connectivity index (χ1n) is 7.57. The number of hydrogen-bond donors (Lipinski definition) is 1. The summed E-state index contributed by atoms with van der Waals surface area (Å²) >= 11 is 0. The van der Waals surface area contributed by atoms with Gasteiger partial charge in [0.1, 0.15) is 11.5 Å². The molecular formula is C16H30N2O. The van der Waals surface area contributed by atoms with Crippen LogP contribution in [-0.4, -0.2) is 31.6 Å². The lowest BCUT2D eigenvalue weighted by molar-refractivity contribution is 0.192. The van der Waals surface area contributed by atoms with E-state index < -0.39 is 0 Å². The Balaban J connectivity index is 2.43. The SMILES string of the molecule is CCc1ccc(CNCC(C(CC)CC)N(C)C)o1. The Kier molecular flexibility index (Phi) is 7.17. The summed E-state index contributed by atoms with van der Waals surface area (Å²) in [5, 5.41) is 3.53. The average molecular weight is 266 g/mol. The second-order valence-corrected chi connectivity index (χ2v) is 5.46. The van der Waals surface area contributed by atoms with Crippen molar-refractivity contribution in [2.45, 2.75) is 52.6 Å². The summed E-state index contributed by atoms with van der Waals surface area (Å²) in [5.74, 6) is 2.87. The van der Waals surface area contributed by atoms with Crippen LogP contribution in [0.25, 0.3) is 0 Å². The predicted octanol–water partition coefficient (Wildman–Crippen LogP) is 3.30. The number of rotatable bonds is 9. The molecule has 1 rings (SSSR count). The normalized spacial score (nSPS) is 13.4. The number of nitrogens with zero attached hydrogens (tertiary/aromatic N) is 1. The summed E-state index contributed by atoms with van der Waals surface area (Å²) in [6.07, 6.45) is 3.44. The summed E-state index contributed by atoms with van der Waals surface area (Å²) in [6.45, 7) is 8.52. The van der Waals surface area contributed by atoms with Crippen LogP contribution in [0.2, 0.25) is 0 Å². The van der Waals surface area contributed by atoms with Gasteiger partial charge in [-0.1, -0.05) is 33.6 Å². The highest BCUT2D eigenvalue weighted by Crippen LogP contribution is 2.16. The van der Waals surface area contributed by atoms with Gasteiger partial charge in [0.2, 0.25) is 0 Å². The Morgan fingerprint density at radius 1 is 1.11 bits per heavy atom. The predicted molar refractivity (Wildman–Crippen MR) is 81.3 cm³/mol. The van der Waals surface area contributed by atoms with Crippen molar-refractivity contribution in [1.29, 1.82) is 0 Å². The third-order valence-corrected chi connectivity index (χ3v) is 3.97. The van der Waals surface area contributed by atoms with Crippen LogP contribution in [0.3, 0.4) is 0 Å². The third-order valence-electron chi connectivity index (χ3n) is 3.97. The molecule has 0 saturated carbocycles. The van der Waals surface area contributed by atoms with E-state index in [1.807, 2.05) is 0 Å². The molecule has 1 atom stereocenters. The largest absolute Gasteiger partial charge is 0.465 e. The van der Waals surface area contributed by atoms with Crippen molar-refractivity contribution in [3.05, 3.63) is 23.7 Å². The molecule has 1 heterocycles. The van der Waals surface area contributed by atoms with E-state index in [1.54, 1.807) is 0 Å². The van der Waals surface area contributed by atoms with Crippen LogP contribution >= 0.6 is 0 Å². The monoisotopic (exact) mass is 266 g/mol. The van der Waals surface area contributed by atoms with Gasteiger partial charge in [0.05, 0.1) is 6.54 Å². The summed E-state index contributed by atoms with van der Waals surface area (Å²) < 4.78 is 5.71. The molecule has 0 spiro atoms. The maximum absolute atomic E-state index is 5.71. The Morgan fingerprint density at radius 2 is 1.74 bits per heavy atom. The minimum absolute atomic E-state index is 0.593. The number of furan rings is 1. The molecule has 1 unspecified atom stereocenters. The van der Waals surface area contributed by atoms with Crippen molar-refractivity contribution in [2.24, 2.45) is 5.92 Å². The molecule has 0 saturated heterocycles. The zero-order valence-electron chi connectivity index (χ0n) is 13.2. The Labute approximate surface area is 118 Å². The fourth-order valence-corrected chi connectivity index (χ4v) is 2.65. The Bertz CT molecular complexity index is 342. The molecule has 3 nitrogen and oxygen atoms in total. The molecule has 0 aromatic carbocycles. The fourth-order valence-electron chi connectivity index (χ4n) is 2.65. The van der Waals surface area contributed by atoms with Crippen molar-refractivity contribution in [3.8, 4) is 0 Å². The van der Waals surface area contributed by atoms with Gasteiger partial charge in [0.15, 0.2) is 0 Å². The van der Waals surface area contributed by atoms with Crippen molar-refractivity contribution in [2.75, 3.05) is 20.6 Å². The third kappa shape index (κ3) is 5.00. The first-order valence-corrected chi connectivity index (χ1v) is 7.57. The van der Waals surface area contributed by atoms with Crippen LogP contribution in [0.4, 0.5) is 0 Å². The number of aryl methyl sites for hydroxylation is 1. The van der Waals surface area contributed by atoms with Crippen LogP contribution < -0.4 is 5.32 Å². The lowest BCUT2D eigenvalue weighted by atomic mass is 9.93. The van der Waals surface area contributed by atoms with Crippen molar-refractivity contribution in [1.82, 2.24) is 10.2 Å². The molecule has 0 aliphatic heterocycles. The van der Waals surface area contributed by atoms with E-state index in [0.717, 1.165) is 36.9 Å². The quantitative estimate of drug-likeness (QED) is 0.743. The molecule has 3 heteroatoms. The zero-order valence-corrected chi connectivity index (χ0v) is 13.2. The Morgan fingerprint density at radius 3 is 2.21 bits per heavy atom. The fraction of sp³-hybridized carbons (Fsp3) is 0.750. The summed E-state index contributed by atoms with van der Waals surface area (Å²) in [4.78, 5) is 2.34. The maximum atomic E-state index is 5.71. The second-order valence-electron chi connectivity index (χ2n) is 5.46. The smallest absolute Gasteiger partial charge is 0.117 e. The van der Waals surface area contributed by atoms with Gasteiger partial charge in [-0.25, -0.2) is 0 Å². The van der Waals surface area contributed by atoms with Crippen LogP contribution in [0, 0.1) is 5.92 Å². The van der Waals surface area contributed by atoms with Gasteiger partial charge in [-0.2, -0.15) is 0 Å². The average Bonchev–Trinajstić information content (AvgIpc) is 2.86. The molecule has 0 radical (unpaired) electrons. The van der Waals surface area contributed by atoms with Crippen molar-refractivity contribution in [3.63, 3.8) is 0 Å². The van der Waals surface area contributed by atoms with Gasteiger partial charge in [0.25, 0.3) is 0 Å². The van der Waals surface area contributed by atoms with Crippen LogP contribution in [0.5, 0.6) is 0 Å². The highest BCUT2D eigenvalue weighted by Gasteiger charge is 2.20. The molecule has 0 bridgehead atoms. The van der Waals surface area contributed by atoms with Crippen LogP contribution in [0.1, 0.15) is 45.1 Å². The number of nitrogens with one attached hydrogen (secondary N) is 1. The van der Waals surface area contributed by atoms with Gasteiger partial charge in [-0.3, -0.25) is 0 Å². The highest BCUT2D eigenvalue weighted by molar-refractivity contribution is 5.06. The van der Waals surface area contributed by atoms with E-state index in [2.05, 4.69) is 57.2 Å². The molecule has 19 heavy (non-hydrogen) atoms. The summed E-state index contributed by atoms with van der Waals surface area (Å²) in [7, 11) is 4.35. The van der Waals surface area contributed by atoms with E-state index in [-0.39, 0.29) is 0 Å². The molecule has 1 N–H and O–H groups in total. The lowest BCUT2D eigenvalue weighted by Gasteiger charge is -2.31. The first-order chi connectivity index (χ1) is 9.12. The molecule has 0 fully saturated rings. The molecule has 0 aliphatic carbocycles. The number of hydrogen-bond acceptors (Lipinski definition) is 3. The molecule has 0 aliphatic rings. The van der Waals surface area contributed by atoms with Gasteiger partial charge in [0, 0.05) is 19.0 Å². The second kappa shape index (κ2) is 8.39. The summed E-state index contributed by atoms with van der Waals surface area (Å²) in [5.41, 5.74) is 0. The zero-order chi connectivity index (χ0) is 14.3. The van der Waals surface area contributed by atoms with Crippen molar-refractivity contribution >= 4 is 0 Å². The van der Waals surface area contributed by atoms with E-state index >= 15 is 0 Å². The maximum Gasteiger partial charge on any atom is 0.117 e. The summed E-state index contributed by atoms with van der Waals surface area (Å²) in [6, 6.07) is 4.74. The van der Waals surface area contributed by atoms with E-state index in [4.69, 9.17) is 4.42 Å². The molecular weight excluding hydrogens is 236 g/mol. The van der Waals surface area contributed by atoms with E-state index in [1.165, 1.54) is 12.8 Å². The van der Waals surface area contributed by atoms with Crippen LogP contribution in [-0.2, 0) is 13.0 Å². The topological polar surface area (TPSA) is 28.4 Å². The van der Waals surface area contributed by atoms with Crippen molar-refractivity contribution < 1.29 is 4.42 Å². The lowest BCUT2D eigenvalue weighted by Crippen LogP contribution is -2.42. The molecule has 110 valence electrons.